The highest BCUT2D eigenvalue weighted by Crippen LogP contribution is 2.12. The summed E-state index contributed by atoms with van der Waals surface area (Å²) >= 11 is 1.34. The van der Waals surface area contributed by atoms with E-state index in [1.807, 2.05) is 5.38 Å². The molecule has 2 N–H and O–H groups in total. The highest BCUT2D eigenvalue weighted by atomic mass is 32.1. The minimum absolute atomic E-state index is 0.121. The summed E-state index contributed by atoms with van der Waals surface area (Å²) in [6.45, 7) is 1.18. The molecule has 4 amide bonds. The van der Waals surface area contributed by atoms with Gasteiger partial charge in [0.15, 0.2) is 0 Å². The summed E-state index contributed by atoms with van der Waals surface area (Å²) in [5.74, 6) is -0.518. The minimum atomic E-state index is -0.467. The molecule has 0 aliphatic carbocycles. The monoisotopic (exact) mass is 363 g/mol. The van der Waals surface area contributed by atoms with Gasteiger partial charge in [-0.3, -0.25) is 24.3 Å². The molecule has 0 atom stereocenters. The molecular formula is C15H17N5O4S. The Labute approximate surface area is 146 Å². The molecule has 3 heterocycles. The Morgan fingerprint density at radius 1 is 1.32 bits per heavy atom. The number of hydrogen-bond donors (Lipinski definition) is 2. The van der Waals surface area contributed by atoms with Crippen LogP contribution in [0.1, 0.15) is 12.8 Å². The second kappa shape index (κ2) is 7.43. The molecule has 0 spiro atoms. The molecule has 0 aromatic carbocycles. The third-order valence-corrected chi connectivity index (χ3v) is 4.75. The summed E-state index contributed by atoms with van der Waals surface area (Å²) in [4.78, 5) is 52.3. The van der Waals surface area contributed by atoms with Crippen molar-refractivity contribution in [2.75, 3.05) is 19.6 Å². The molecule has 0 unspecified atom stereocenters. The number of thiophene rings is 1. The van der Waals surface area contributed by atoms with Crippen molar-refractivity contribution in [2.24, 2.45) is 0 Å². The Hall–Kier alpha value is -2.75. The van der Waals surface area contributed by atoms with Crippen molar-refractivity contribution >= 4 is 39.4 Å². The first-order valence-corrected chi connectivity index (χ1v) is 8.70. The third kappa shape index (κ3) is 4.02. The maximum Gasteiger partial charge on any atom is 0.324 e. The third-order valence-electron chi connectivity index (χ3n) is 3.86. The van der Waals surface area contributed by atoms with Crippen LogP contribution in [-0.4, -0.2) is 51.9 Å². The van der Waals surface area contributed by atoms with Gasteiger partial charge in [-0.15, -0.1) is 11.3 Å². The van der Waals surface area contributed by atoms with Gasteiger partial charge in [0.1, 0.15) is 4.70 Å². The van der Waals surface area contributed by atoms with E-state index in [1.165, 1.54) is 27.1 Å². The topological polar surface area (TPSA) is 113 Å². The summed E-state index contributed by atoms with van der Waals surface area (Å²) in [5, 5.41) is 6.74. The van der Waals surface area contributed by atoms with E-state index in [1.54, 1.807) is 6.07 Å². The van der Waals surface area contributed by atoms with Crippen molar-refractivity contribution < 1.29 is 14.4 Å². The van der Waals surface area contributed by atoms with Crippen LogP contribution < -0.4 is 16.2 Å². The number of fused-ring (bicyclic) bond motifs is 1. The SMILES string of the molecule is O=C(CCN1CCC(=O)NC1=O)NCCn1cnc2ccsc2c1=O. The first-order chi connectivity index (χ1) is 12.0. The lowest BCUT2D eigenvalue weighted by Gasteiger charge is -2.26. The van der Waals surface area contributed by atoms with Gasteiger partial charge >= 0.3 is 6.03 Å². The van der Waals surface area contributed by atoms with Gasteiger partial charge in [0.05, 0.1) is 11.8 Å². The second-order valence-corrected chi connectivity index (χ2v) is 6.48. The Balaban J connectivity index is 1.44. The van der Waals surface area contributed by atoms with Gasteiger partial charge < -0.3 is 10.2 Å². The van der Waals surface area contributed by atoms with Gasteiger partial charge in [0, 0.05) is 39.0 Å². The molecule has 2 aromatic heterocycles. The Morgan fingerprint density at radius 3 is 2.96 bits per heavy atom. The number of amides is 4. The zero-order valence-corrected chi connectivity index (χ0v) is 14.2. The van der Waals surface area contributed by atoms with Gasteiger partial charge in [-0.2, -0.15) is 0 Å². The lowest BCUT2D eigenvalue weighted by molar-refractivity contribution is -0.121. The summed E-state index contributed by atoms with van der Waals surface area (Å²) in [6.07, 6.45) is 1.85. The molecule has 1 saturated heterocycles. The highest BCUT2D eigenvalue weighted by molar-refractivity contribution is 7.17. The van der Waals surface area contributed by atoms with Crippen molar-refractivity contribution in [1.29, 1.82) is 0 Å². The van der Waals surface area contributed by atoms with E-state index in [4.69, 9.17) is 0 Å². The van der Waals surface area contributed by atoms with Crippen LogP contribution in [0.2, 0.25) is 0 Å². The fourth-order valence-electron chi connectivity index (χ4n) is 2.49. The molecule has 0 saturated carbocycles. The number of aromatic nitrogens is 2. The molecule has 2 aromatic rings. The maximum absolute atomic E-state index is 12.2. The first kappa shape index (κ1) is 17.1. The van der Waals surface area contributed by atoms with Crippen molar-refractivity contribution in [2.45, 2.75) is 19.4 Å². The Kier molecular flexibility index (Phi) is 5.08. The Morgan fingerprint density at radius 2 is 2.16 bits per heavy atom. The number of carbonyl (C=O) groups is 3. The molecule has 9 nitrogen and oxygen atoms in total. The smallest absolute Gasteiger partial charge is 0.324 e. The molecule has 1 aliphatic heterocycles. The number of hydrogen-bond acceptors (Lipinski definition) is 6. The van der Waals surface area contributed by atoms with Gasteiger partial charge in [0.25, 0.3) is 5.56 Å². The first-order valence-electron chi connectivity index (χ1n) is 7.82. The Bertz CT molecular complexity index is 874. The standard InChI is InChI=1S/C15H17N5O4S/c21-11(1-5-19-6-2-12(22)18-15(19)24)16-4-7-20-9-17-10-3-8-25-13(10)14(20)23/h3,8-9H,1-2,4-7H2,(H,16,21)(H,18,22,24). The average Bonchev–Trinajstić information content (AvgIpc) is 3.05. The fraction of sp³-hybridized carbons (Fsp3) is 0.400. The number of urea groups is 1. The van der Waals surface area contributed by atoms with Gasteiger partial charge in [0.2, 0.25) is 11.8 Å². The van der Waals surface area contributed by atoms with E-state index >= 15 is 0 Å². The lowest BCUT2D eigenvalue weighted by Crippen LogP contribution is -2.50. The lowest BCUT2D eigenvalue weighted by atomic mass is 10.3. The quantitative estimate of drug-likeness (QED) is 0.744. The van der Waals surface area contributed by atoms with Crippen LogP contribution in [0.15, 0.2) is 22.6 Å². The van der Waals surface area contributed by atoms with E-state index in [0.717, 1.165) is 0 Å². The van der Waals surface area contributed by atoms with Crippen molar-refractivity contribution in [3.63, 3.8) is 0 Å². The highest BCUT2D eigenvalue weighted by Gasteiger charge is 2.22. The van der Waals surface area contributed by atoms with E-state index in [2.05, 4.69) is 15.6 Å². The largest absolute Gasteiger partial charge is 0.354 e. The van der Waals surface area contributed by atoms with Crippen LogP contribution in [-0.2, 0) is 16.1 Å². The molecule has 0 bridgehead atoms. The molecule has 1 aliphatic rings. The van der Waals surface area contributed by atoms with E-state index in [-0.39, 0.29) is 36.8 Å². The average molecular weight is 363 g/mol. The van der Waals surface area contributed by atoms with Crippen LogP contribution in [0.25, 0.3) is 10.2 Å². The molecule has 10 heteroatoms. The molecule has 25 heavy (non-hydrogen) atoms. The van der Waals surface area contributed by atoms with Crippen LogP contribution in [0.5, 0.6) is 0 Å². The summed E-state index contributed by atoms with van der Waals surface area (Å²) < 4.78 is 2.06. The number of carbonyl (C=O) groups excluding carboxylic acids is 3. The predicted octanol–water partition coefficient (Wildman–Crippen LogP) is -0.0938. The number of rotatable bonds is 6. The van der Waals surface area contributed by atoms with Crippen molar-refractivity contribution in [1.82, 2.24) is 25.1 Å². The van der Waals surface area contributed by atoms with Crippen LogP contribution in [0, 0.1) is 0 Å². The van der Waals surface area contributed by atoms with Crippen LogP contribution in [0.3, 0.4) is 0 Å². The van der Waals surface area contributed by atoms with Crippen LogP contribution >= 0.6 is 11.3 Å². The molecule has 132 valence electrons. The normalized spacial score (nSPS) is 14.6. The summed E-state index contributed by atoms with van der Waals surface area (Å²) in [5.41, 5.74) is 0.553. The number of imide groups is 1. The zero-order chi connectivity index (χ0) is 17.8. The van der Waals surface area contributed by atoms with Gasteiger partial charge in [-0.25, -0.2) is 9.78 Å². The molecule has 3 rings (SSSR count). The number of nitrogens with zero attached hydrogens (tertiary/aromatic N) is 3. The number of nitrogens with one attached hydrogen (secondary N) is 2. The fourth-order valence-corrected chi connectivity index (χ4v) is 3.28. The van der Waals surface area contributed by atoms with Gasteiger partial charge in [-0.1, -0.05) is 0 Å². The molecule has 0 radical (unpaired) electrons. The van der Waals surface area contributed by atoms with E-state index in [9.17, 15) is 19.2 Å². The van der Waals surface area contributed by atoms with Gasteiger partial charge in [-0.05, 0) is 11.4 Å². The minimum Gasteiger partial charge on any atom is -0.354 e. The van der Waals surface area contributed by atoms with Crippen molar-refractivity contribution in [3.8, 4) is 0 Å². The summed E-state index contributed by atoms with van der Waals surface area (Å²) in [7, 11) is 0. The van der Waals surface area contributed by atoms with Crippen LogP contribution in [0.4, 0.5) is 4.79 Å². The summed E-state index contributed by atoms with van der Waals surface area (Å²) in [6, 6.07) is 1.32. The molecule has 1 fully saturated rings. The predicted molar refractivity (Wildman–Crippen MR) is 91.2 cm³/mol. The van der Waals surface area contributed by atoms with E-state index in [0.29, 0.717) is 29.9 Å². The van der Waals surface area contributed by atoms with Crippen molar-refractivity contribution in [3.05, 3.63) is 28.1 Å². The zero-order valence-electron chi connectivity index (χ0n) is 13.4. The maximum atomic E-state index is 12.2. The second-order valence-electron chi connectivity index (χ2n) is 5.57. The van der Waals surface area contributed by atoms with E-state index < -0.39 is 6.03 Å². The molecular weight excluding hydrogens is 346 g/mol.